The molecule has 0 aromatic rings. The minimum Gasteiger partial charge on any atom is -0.444 e. The SMILES string of the molecule is CC[C@H](NC(=O)OC(C)(C)C)C(=O)N1CC(=O)NC(C)(C)C1. The van der Waals surface area contributed by atoms with Gasteiger partial charge in [-0.05, 0) is 41.0 Å². The first kappa shape index (κ1) is 18.3. The van der Waals surface area contributed by atoms with Crippen molar-refractivity contribution in [2.24, 2.45) is 0 Å². The van der Waals surface area contributed by atoms with E-state index in [2.05, 4.69) is 10.6 Å². The van der Waals surface area contributed by atoms with E-state index >= 15 is 0 Å². The van der Waals surface area contributed by atoms with E-state index < -0.39 is 23.3 Å². The molecule has 1 aliphatic rings. The van der Waals surface area contributed by atoms with Gasteiger partial charge in [0.15, 0.2) is 0 Å². The topological polar surface area (TPSA) is 87.7 Å². The predicted molar refractivity (Wildman–Crippen MR) is 82.3 cm³/mol. The molecular formula is C15H27N3O4. The molecule has 1 rings (SSSR count). The maximum atomic E-state index is 12.5. The highest BCUT2D eigenvalue weighted by Crippen LogP contribution is 2.13. The van der Waals surface area contributed by atoms with Gasteiger partial charge < -0.3 is 20.3 Å². The zero-order chi connectivity index (χ0) is 17.1. The standard InChI is InChI=1S/C15H27N3O4/c1-7-10(16-13(21)22-14(2,3)4)12(20)18-8-11(19)17-15(5,6)9-18/h10H,7-9H2,1-6H3,(H,16,21)(H,17,19)/t10-/m0/s1. The van der Waals surface area contributed by atoms with Crippen molar-refractivity contribution in [3.05, 3.63) is 0 Å². The van der Waals surface area contributed by atoms with Crippen LogP contribution in [0.4, 0.5) is 4.79 Å². The molecule has 1 fully saturated rings. The molecular weight excluding hydrogens is 286 g/mol. The van der Waals surface area contributed by atoms with Crippen molar-refractivity contribution < 1.29 is 19.1 Å². The first-order valence-electron chi connectivity index (χ1n) is 7.53. The summed E-state index contributed by atoms with van der Waals surface area (Å²) < 4.78 is 5.17. The van der Waals surface area contributed by atoms with Gasteiger partial charge in [0.2, 0.25) is 11.8 Å². The second kappa shape index (κ2) is 6.54. The fourth-order valence-electron chi connectivity index (χ4n) is 2.33. The molecule has 1 aliphatic heterocycles. The summed E-state index contributed by atoms with van der Waals surface area (Å²) in [6.45, 7) is 11.2. The highest BCUT2D eigenvalue weighted by molar-refractivity contribution is 5.90. The average Bonchev–Trinajstić information content (AvgIpc) is 2.30. The number of carbonyl (C=O) groups excluding carboxylic acids is 3. The number of rotatable bonds is 3. The summed E-state index contributed by atoms with van der Waals surface area (Å²) >= 11 is 0. The van der Waals surface area contributed by atoms with Crippen molar-refractivity contribution in [2.45, 2.75) is 65.1 Å². The van der Waals surface area contributed by atoms with Gasteiger partial charge in [0, 0.05) is 6.54 Å². The Balaban J connectivity index is 2.72. The van der Waals surface area contributed by atoms with Crippen molar-refractivity contribution in [2.75, 3.05) is 13.1 Å². The molecule has 0 bridgehead atoms. The van der Waals surface area contributed by atoms with Crippen LogP contribution in [0.15, 0.2) is 0 Å². The molecule has 22 heavy (non-hydrogen) atoms. The van der Waals surface area contributed by atoms with Gasteiger partial charge in [-0.1, -0.05) is 6.92 Å². The summed E-state index contributed by atoms with van der Waals surface area (Å²) in [4.78, 5) is 37.5. The highest BCUT2D eigenvalue weighted by atomic mass is 16.6. The first-order valence-corrected chi connectivity index (χ1v) is 7.53. The van der Waals surface area contributed by atoms with Crippen LogP contribution in [-0.2, 0) is 14.3 Å². The number of carbonyl (C=O) groups is 3. The van der Waals surface area contributed by atoms with E-state index in [1.165, 1.54) is 4.90 Å². The summed E-state index contributed by atoms with van der Waals surface area (Å²) in [5, 5.41) is 5.40. The van der Waals surface area contributed by atoms with Crippen LogP contribution in [0.3, 0.4) is 0 Å². The van der Waals surface area contributed by atoms with E-state index in [0.29, 0.717) is 13.0 Å². The lowest BCUT2D eigenvalue weighted by Gasteiger charge is -2.39. The molecule has 0 aromatic heterocycles. The molecule has 7 nitrogen and oxygen atoms in total. The molecule has 0 radical (unpaired) electrons. The second-order valence-corrected chi connectivity index (χ2v) is 7.23. The molecule has 7 heteroatoms. The van der Waals surface area contributed by atoms with Crippen LogP contribution in [0.5, 0.6) is 0 Å². The Labute approximate surface area is 131 Å². The minimum atomic E-state index is -0.698. The van der Waals surface area contributed by atoms with Crippen molar-refractivity contribution in [3.63, 3.8) is 0 Å². The molecule has 126 valence electrons. The number of ether oxygens (including phenoxy) is 1. The summed E-state index contributed by atoms with van der Waals surface area (Å²) in [7, 11) is 0. The van der Waals surface area contributed by atoms with E-state index in [1.54, 1.807) is 27.7 Å². The van der Waals surface area contributed by atoms with Gasteiger partial charge in [-0.2, -0.15) is 0 Å². The second-order valence-electron chi connectivity index (χ2n) is 7.23. The third-order valence-corrected chi connectivity index (χ3v) is 3.11. The van der Waals surface area contributed by atoms with E-state index in [-0.39, 0.29) is 18.4 Å². The van der Waals surface area contributed by atoms with Gasteiger partial charge in [-0.3, -0.25) is 9.59 Å². The number of nitrogens with one attached hydrogen (secondary N) is 2. The molecule has 1 heterocycles. The fourth-order valence-corrected chi connectivity index (χ4v) is 2.33. The van der Waals surface area contributed by atoms with E-state index in [0.717, 1.165) is 0 Å². The summed E-state index contributed by atoms with van der Waals surface area (Å²) in [5.74, 6) is -0.465. The number of piperazine rings is 1. The molecule has 0 aromatic carbocycles. The lowest BCUT2D eigenvalue weighted by molar-refractivity contribution is -0.142. The van der Waals surface area contributed by atoms with Crippen LogP contribution in [0.1, 0.15) is 48.0 Å². The minimum absolute atomic E-state index is 0.00869. The predicted octanol–water partition coefficient (Wildman–Crippen LogP) is 1.03. The average molecular weight is 313 g/mol. The third kappa shape index (κ3) is 5.54. The zero-order valence-electron chi connectivity index (χ0n) is 14.3. The highest BCUT2D eigenvalue weighted by Gasteiger charge is 2.36. The third-order valence-electron chi connectivity index (χ3n) is 3.11. The molecule has 3 amide bonds. The van der Waals surface area contributed by atoms with Crippen molar-refractivity contribution in [1.82, 2.24) is 15.5 Å². The van der Waals surface area contributed by atoms with Crippen molar-refractivity contribution >= 4 is 17.9 Å². The Morgan fingerprint density at radius 1 is 1.41 bits per heavy atom. The number of hydrogen-bond donors (Lipinski definition) is 2. The Hall–Kier alpha value is -1.79. The summed E-state index contributed by atoms with van der Waals surface area (Å²) in [5.41, 5.74) is -1.10. The number of alkyl carbamates (subject to hydrolysis) is 1. The number of amides is 3. The van der Waals surface area contributed by atoms with Crippen molar-refractivity contribution in [1.29, 1.82) is 0 Å². The van der Waals surface area contributed by atoms with Gasteiger partial charge in [-0.15, -0.1) is 0 Å². The summed E-state index contributed by atoms with van der Waals surface area (Å²) in [6.07, 6.45) is -0.204. The van der Waals surface area contributed by atoms with Crippen LogP contribution < -0.4 is 10.6 Å². The van der Waals surface area contributed by atoms with Gasteiger partial charge in [0.05, 0.1) is 12.1 Å². The Morgan fingerprint density at radius 2 is 2.00 bits per heavy atom. The maximum absolute atomic E-state index is 12.5. The Kier molecular flexibility index (Phi) is 5.43. The smallest absolute Gasteiger partial charge is 0.408 e. The van der Waals surface area contributed by atoms with Gasteiger partial charge in [0.1, 0.15) is 11.6 Å². The van der Waals surface area contributed by atoms with Gasteiger partial charge in [-0.25, -0.2) is 4.79 Å². The molecule has 0 unspecified atom stereocenters. The number of hydrogen-bond acceptors (Lipinski definition) is 4. The largest absolute Gasteiger partial charge is 0.444 e. The van der Waals surface area contributed by atoms with Crippen LogP contribution in [0.2, 0.25) is 0 Å². The Morgan fingerprint density at radius 3 is 2.45 bits per heavy atom. The van der Waals surface area contributed by atoms with E-state index in [4.69, 9.17) is 4.74 Å². The lowest BCUT2D eigenvalue weighted by Crippen LogP contribution is -2.63. The van der Waals surface area contributed by atoms with Crippen LogP contribution in [-0.4, -0.2) is 53.1 Å². The molecule has 0 saturated carbocycles. The summed E-state index contributed by atoms with van der Waals surface area (Å²) in [6, 6.07) is -0.698. The van der Waals surface area contributed by atoms with Gasteiger partial charge in [0.25, 0.3) is 0 Å². The molecule has 1 saturated heterocycles. The van der Waals surface area contributed by atoms with E-state index in [1.807, 2.05) is 13.8 Å². The first-order chi connectivity index (χ1) is 9.93. The number of nitrogens with zero attached hydrogens (tertiary/aromatic N) is 1. The molecule has 0 spiro atoms. The fraction of sp³-hybridized carbons (Fsp3) is 0.800. The maximum Gasteiger partial charge on any atom is 0.408 e. The normalized spacial score (nSPS) is 19.2. The van der Waals surface area contributed by atoms with Gasteiger partial charge >= 0.3 is 6.09 Å². The lowest BCUT2D eigenvalue weighted by atomic mass is 10.0. The quantitative estimate of drug-likeness (QED) is 0.814. The van der Waals surface area contributed by atoms with Crippen LogP contribution >= 0.6 is 0 Å². The Bertz CT molecular complexity index is 454. The molecule has 1 atom stereocenters. The van der Waals surface area contributed by atoms with E-state index in [9.17, 15) is 14.4 Å². The molecule has 2 N–H and O–H groups in total. The molecule has 0 aliphatic carbocycles. The monoisotopic (exact) mass is 313 g/mol. The van der Waals surface area contributed by atoms with Crippen LogP contribution in [0, 0.1) is 0 Å². The zero-order valence-corrected chi connectivity index (χ0v) is 14.3. The van der Waals surface area contributed by atoms with Crippen molar-refractivity contribution in [3.8, 4) is 0 Å². The van der Waals surface area contributed by atoms with Crippen LogP contribution in [0.25, 0.3) is 0 Å².